The number of carbonyl (C=O) groups excluding carboxylic acids is 1. The van der Waals surface area contributed by atoms with Crippen LogP contribution in [0.15, 0.2) is 59.5 Å². The van der Waals surface area contributed by atoms with Crippen molar-refractivity contribution in [1.82, 2.24) is 5.32 Å². The van der Waals surface area contributed by atoms with Crippen LogP contribution in [0.1, 0.15) is 49.2 Å². The molecule has 28 heavy (non-hydrogen) atoms. The van der Waals surface area contributed by atoms with Gasteiger partial charge in [0.05, 0.1) is 23.3 Å². The molecule has 0 bridgehead atoms. The molecule has 1 N–H and O–H groups in total. The summed E-state index contributed by atoms with van der Waals surface area (Å²) >= 11 is 0. The summed E-state index contributed by atoms with van der Waals surface area (Å²) in [7, 11) is -1.95. The molecular weight excluding hydrogens is 374 g/mol. The fourth-order valence-corrected chi connectivity index (χ4v) is 4.09. The van der Waals surface area contributed by atoms with Crippen molar-refractivity contribution in [2.24, 2.45) is 5.41 Å². The molecule has 0 heterocycles. The molecule has 2 aromatic carbocycles. The molecule has 0 aromatic heterocycles. The number of rotatable bonds is 8. The lowest BCUT2D eigenvalue weighted by atomic mass is 9.85. The minimum absolute atomic E-state index is 0.0348. The molecule has 2 rings (SSSR count). The molecule has 0 radical (unpaired) electrons. The Labute approximate surface area is 168 Å². The molecule has 5 nitrogen and oxygen atoms in total. The number of hydrogen-bond acceptors (Lipinski definition) is 4. The highest BCUT2D eigenvalue weighted by atomic mass is 32.2. The van der Waals surface area contributed by atoms with Crippen molar-refractivity contribution >= 4 is 15.7 Å². The fraction of sp³-hybridized carbons (Fsp3) is 0.409. The SMILES string of the molecule is COCCS(=O)(=O)c1ccc(C(=O)NC(CC(C)(C)C)c2ccccc2)cc1. The minimum atomic E-state index is -3.41. The van der Waals surface area contributed by atoms with Gasteiger partial charge in [0.15, 0.2) is 9.84 Å². The molecule has 0 aliphatic carbocycles. The maximum atomic E-state index is 12.8. The number of ether oxygens (including phenoxy) is 1. The monoisotopic (exact) mass is 403 g/mol. The van der Waals surface area contributed by atoms with Crippen molar-refractivity contribution in [2.45, 2.75) is 38.1 Å². The van der Waals surface area contributed by atoms with Gasteiger partial charge in [0.1, 0.15) is 0 Å². The first-order chi connectivity index (χ1) is 13.1. The number of sulfone groups is 1. The van der Waals surface area contributed by atoms with Gasteiger partial charge in [0.2, 0.25) is 0 Å². The summed E-state index contributed by atoms with van der Waals surface area (Å²) in [5, 5.41) is 3.09. The predicted molar refractivity (Wildman–Crippen MR) is 111 cm³/mol. The predicted octanol–water partition coefficient (Wildman–Crippen LogP) is 4.01. The zero-order valence-electron chi connectivity index (χ0n) is 16.9. The van der Waals surface area contributed by atoms with E-state index in [1.165, 1.54) is 19.2 Å². The van der Waals surface area contributed by atoms with E-state index in [-0.39, 0.29) is 34.6 Å². The van der Waals surface area contributed by atoms with Crippen LogP contribution in [0.3, 0.4) is 0 Å². The first-order valence-electron chi connectivity index (χ1n) is 9.30. The maximum absolute atomic E-state index is 12.8. The standard InChI is InChI=1S/C22H29NO4S/c1-22(2,3)16-20(17-8-6-5-7-9-17)23-21(24)18-10-12-19(13-11-18)28(25,26)15-14-27-4/h5-13,20H,14-16H2,1-4H3,(H,23,24). The Kier molecular flexibility index (Phi) is 7.38. The molecule has 1 atom stereocenters. The van der Waals surface area contributed by atoms with Gasteiger partial charge in [-0.1, -0.05) is 51.1 Å². The first kappa shape index (κ1) is 22.1. The summed E-state index contributed by atoms with van der Waals surface area (Å²) in [5.74, 6) is -0.310. The van der Waals surface area contributed by atoms with Gasteiger partial charge >= 0.3 is 0 Å². The third kappa shape index (κ3) is 6.46. The van der Waals surface area contributed by atoms with E-state index in [0.717, 1.165) is 12.0 Å². The maximum Gasteiger partial charge on any atom is 0.251 e. The highest BCUT2D eigenvalue weighted by molar-refractivity contribution is 7.91. The Bertz CT molecular complexity index is 869. The number of carbonyl (C=O) groups is 1. The summed E-state index contributed by atoms with van der Waals surface area (Å²) in [6, 6.07) is 15.8. The number of benzene rings is 2. The normalized spacial score (nSPS) is 13.1. The van der Waals surface area contributed by atoms with Gasteiger partial charge in [-0.25, -0.2) is 8.42 Å². The van der Waals surface area contributed by atoms with Crippen LogP contribution in [0.2, 0.25) is 0 Å². The van der Waals surface area contributed by atoms with Crippen LogP contribution in [0.25, 0.3) is 0 Å². The van der Waals surface area contributed by atoms with Gasteiger partial charge < -0.3 is 10.1 Å². The van der Waals surface area contributed by atoms with Crippen molar-refractivity contribution in [3.63, 3.8) is 0 Å². The summed E-state index contributed by atoms with van der Waals surface area (Å²) in [6.45, 7) is 6.54. The molecule has 1 unspecified atom stereocenters. The van der Waals surface area contributed by atoms with Crippen LogP contribution < -0.4 is 5.32 Å². The zero-order valence-corrected chi connectivity index (χ0v) is 17.8. The topological polar surface area (TPSA) is 72.5 Å². The van der Waals surface area contributed by atoms with E-state index in [9.17, 15) is 13.2 Å². The third-order valence-corrected chi connectivity index (χ3v) is 6.05. The Morgan fingerprint density at radius 3 is 2.18 bits per heavy atom. The summed E-state index contributed by atoms with van der Waals surface area (Å²) < 4.78 is 29.3. The van der Waals surface area contributed by atoms with Gasteiger partial charge in [0.25, 0.3) is 5.91 Å². The molecular formula is C22H29NO4S. The molecule has 6 heteroatoms. The largest absolute Gasteiger partial charge is 0.384 e. The Morgan fingerprint density at radius 1 is 1.04 bits per heavy atom. The molecule has 0 saturated heterocycles. The Balaban J connectivity index is 2.17. The number of amides is 1. The van der Waals surface area contributed by atoms with E-state index in [4.69, 9.17) is 4.74 Å². The van der Waals surface area contributed by atoms with Crippen LogP contribution in [-0.2, 0) is 14.6 Å². The van der Waals surface area contributed by atoms with Gasteiger partial charge in [0, 0.05) is 12.7 Å². The molecule has 0 spiro atoms. The summed E-state index contributed by atoms with van der Waals surface area (Å²) in [6.07, 6.45) is 0.784. The van der Waals surface area contributed by atoms with Crippen LogP contribution in [0.4, 0.5) is 0 Å². The molecule has 0 fully saturated rings. The average molecular weight is 404 g/mol. The van der Waals surface area contributed by atoms with Crippen molar-refractivity contribution in [1.29, 1.82) is 0 Å². The third-order valence-electron chi connectivity index (χ3n) is 4.36. The highest BCUT2D eigenvalue weighted by Gasteiger charge is 2.23. The average Bonchev–Trinajstić information content (AvgIpc) is 2.65. The number of methoxy groups -OCH3 is 1. The van der Waals surface area contributed by atoms with Crippen LogP contribution >= 0.6 is 0 Å². The van der Waals surface area contributed by atoms with Crippen molar-refractivity contribution in [2.75, 3.05) is 19.5 Å². The lowest BCUT2D eigenvalue weighted by Crippen LogP contribution is -2.31. The molecule has 2 aromatic rings. The molecule has 0 aliphatic rings. The highest BCUT2D eigenvalue weighted by Crippen LogP contribution is 2.29. The molecule has 1 amide bonds. The second-order valence-electron chi connectivity index (χ2n) is 8.04. The lowest BCUT2D eigenvalue weighted by Gasteiger charge is -2.27. The molecule has 0 saturated carbocycles. The number of hydrogen-bond donors (Lipinski definition) is 1. The minimum Gasteiger partial charge on any atom is -0.384 e. The van der Waals surface area contributed by atoms with Crippen LogP contribution in [-0.4, -0.2) is 33.8 Å². The van der Waals surface area contributed by atoms with E-state index < -0.39 is 9.84 Å². The first-order valence-corrected chi connectivity index (χ1v) is 11.0. The van der Waals surface area contributed by atoms with E-state index in [0.29, 0.717) is 5.56 Å². The van der Waals surface area contributed by atoms with Crippen LogP contribution in [0, 0.1) is 5.41 Å². The second kappa shape index (κ2) is 9.34. The fourth-order valence-electron chi connectivity index (χ4n) is 2.92. The van der Waals surface area contributed by atoms with E-state index in [1.54, 1.807) is 12.1 Å². The van der Waals surface area contributed by atoms with Crippen molar-refractivity contribution < 1.29 is 17.9 Å². The van der Waals surface area contributed by atoms with E-state index >= 15 is 0 Å². The summed E-state index contributed by atoms with van der Waals surface area (Å²) in [5.41, 5.74) is 1.51. The Hall–Kier alpha value is -2.18. The van der Waals surface area contributed by atoms with Gasteiger partial charge in [-0.2, -0.15) is 0 Å². The van der Waals surface area contributed by atoms with Gasteiger partial charge in [-0.3, -0.25) is 4.79 Å². The quantitative estimate of drug-likeness (QED) is 0.723. The zero-order chi connectivity index (χ0) is 20.8. The molecule has 0 aliphatic heterocycles. The second-order valence-corrected chi connectivity index (χ2v) is 10.1. The summed E-state index contributed by atoms with van der Waals surface area (Å²) in [4.78, 5) is 13.0. The number of nitrogens with one attached hydrogen (secondary N) is 1. The Morgan fingerprint density at radius 2 is 1.64 bits per heavy atom. The smallest absolute Gasteiger partial charge is 0.251 e. The van der Waals surface area contributed by atoms with Gasteiger partial charge in [-0.15, -0.1) is 0 Å². The van der Waals surface area contributed by atoms with Crippen LogP contribution in [0.5, 0.6) is 0 Å². The van der Waals surface area contributed by atoms with Crippen molar-refractivity contribution in [3.8, 4) is 0 Å². The van der Waals surface area contributed by atoms with E-state index in [1.807, 2.05) is 30.3 Å². The van der Waals surface area contributed by atoms with Gasteiger partial charge in [-0.05, 0) is 41.7 Å². The van der Waals surface area contributed by atoms with Crippen molar-refractivity contribution in [3.05, 3.63) is 65.7 Å². The lowest BCUT2D eigenvalue weighted by molar-refractivity contribution is 0.0926. The van der Waals surface area contributed by atoms with E-state index in [2.05, 4.69) is 26.1 Å². The molecule has 152 valence electrons.